The van der Waals surface area contributed by atoms with E-state index in [2.05, 4.69) is 96.6 Å². The Bertz CT molecular complexity index is 1130. The molecule has 11 heteroatoms. The van der Waals surface area contributed by atoms with Gasteiger partial charge in [0, 0.05) is 54.4 Å². The lowest BCUT2D eigenvalue weighted by Crippen LogP contribution is -2.45. The van der Waals surface area contributed by atoms with Crippen LogP contribution in [0.15, 0.2) is 21.9 Å². The predicted molar refractivity (Wildman–Crippen MR) is 155 cm³/mol. The largest absolute Gasteiger partial charge is 0.370 e. The Labute approximate surface area is 234 Å². The van der Waals surface area contributed by atoms with E-state index in [1.807, 2.05) is 0 Å². The number of fused-ring (bicyclic) bond motifs is 2. The van der Waals surface area contributed by atoms with Gasteiger partial charge in [-0.25, -0.2) is 14.1 Å². The molecule has 1 aromatic heterocycles. The minimum atomic E-state index is -2.74. The summed E-state index contributed by atoms with van der Waals surface area (Å²) in [5.41, 5.74) is -1.40. The van der Waals surface area contributed by atoms with E-state index in [1.165, 1.54) is 16.8 Å². The van der Waals surface area contributed by atoms with E-state index in [-0.39, 0.29) is 41.3 Å². The van der Waals surface area contributed by atoms with Crippen molar-refractivity contribution in [3.8, 4) is 6.07 Å². The Morgan fingerprint density at radius 2 is 1.59 bits per heavy atom. The number of rotatable bonds is 10. The number of ether oxygens (including phenoxy) is 2. The van der Waals surface area contributed by atoms with Crippen LogP contribution in [0.5, 0.6) is 0 Å². The molecule has 0 aliphatic carbocycles. The maximum atomic E-state index is 13.8. The Hall–Kier alpha value is -1.76. The Morgan fingerprint density at radius 3 is 1.97 bits per heavy atom. The van der Waals surface area contributed by atoms with Gasteiger partial charge in [0.1, 0.15) is 11.7 Å². The molecule has 2 bridgehead atoms. The van der Waals surface area contributed by atoms with Crippen molar-refractivity contribution in [2.75, 3.05) is 12.8 Å². The zero-order valence-electron chi connectivity index (χ0n) is 25.7. The van der Waals surface area contributed by atoms with Gasteiger partial charge in [-0.2, -0.15) is 5.26 Å². The summed E-state index contributed by atoms with van der Waals surface area (Å²) in [6, 6.07) is 4.26. The van der Waals surface area contributed by atoms with Crippen molar-refractivity contribution in [1.82, 2.24) is 18.9 Å². The average molecular weight is 568 g/mol. The average Bonchev–Trinajstić information content (AvgIpc) is 3.19. The van der Waals surface area contributed by atoms with Gasteiger partial charge in [0.15, 0.2) is 6.23 Å². The predicted octanol–water partition coefficient (Wildman–Crippen LogP) is 4.97. The summed E-state index contributed by atoms with van der Waals surface area (Å²) in [4.78, 5) is 25.3. The smallest absolute Gasteiger partial charge is 0.330 e. The molecule has 0 aromatic carbocycles. The van der Waals surface area contributed by atoms with Crippen LogP contribution >= 0.6 is 7.44 Å². The lowest BCUT2D eigenvalue weighted by Gasteiger charge is -2.46. The lowest BCUT2D eigenvalue weighted by molar-refractivity contribution is -0.175. The molecule has 3 heterocycles. The van der Waals surface area contributed by atoms with Crippen LogP contribution in [0.25, 0.3) is 0 Å². The summed E-state index contributed by atoms with van der Waals surface area (Å²) in [6.45, 7) is 23.5. The molecule has 0 amide bonds. The van der Waals surface area contributed by atoms with Crippen LogP contribution in [0.3, 0.4) is 0 Å². The normalized spacial score (nSPS) is 24.2. The first-order valence-corrected chi connectivity index (χ1v) is 15.9. The molecule has 2 fully saturated rings. The molecular weight excluding hydrogens is 517 g/mol. The zero-order valence-corrected chi connectivity index (χ0v) is 26.6. The van der Waals surface area contributed by atoms with Crippen LogP contribution in [-0.2, 0) is 14.0 Å². The second-order valence-electron chi connectivity index (χ2n) is 12.3. The van der Waals surface area contributed by atoms with Gasteiger partial charge in [0.25, 0.3) is 5.56 Å². The molecule has 2 aliphatic rings. The minimum absolute atomic E-state index is 0.165. The van der Waals surface area contributed by atoms with E-state index in [0.29, 0.717) is 19.2 Å². The first-order chi connectivity index (χ1) is 18.0. The molecule has 0 saturated carbocycles. The zero-order chi connectivity index (χ0) is 29.9. The van der Waals surface area contributed by atoms with E-state index >= 15 is 0 Å². The van der Waals surface area contributed by atoms with Crippen LogP contribution in [0.1, 0.15) is 95.2 Å². The summed E-state index contributed by atoms with van der Waals surface area (Å²) >= 11 is 0. The Kier molecular flexibility index (Phi) is 11.0. The van der Waals surface area contributed by atoms with E-state index in [0.717, 1.165) is 6.42 Å². The molecule has 1 aromatic rings. The van der Waals surface area contributed by atoms with E-state index in [9.17, 15) is 14.2 Å². The van der Waals surface area contributed by atoms with Crippen molar-refractivity contribution < 1.29 is 14.0 Å². The highest BCUT2D eigenvalue weighted by Gasteiger charge is 2.66. The summed E-state index contributed by atoms with van der Waals surface area (Å²) in [5.74, 6) is 0. The van der Waals surface area contributed by atoms with Crippen molar-refractivity contribution in [2.24, 2.45) is 5.41 Å². The molecule has 1 N–H and O–H groups in total. The molecule has 2 saturated heterocycles. The Balaban J connectivity index is 0.000000273. The first kappa shape index (κ1) is 33.4. The third kappa shape index (κ3) is 6.44. The minimum Gasteiger partial charge on any atom is -0.370 e. The molecule has 39 heavy (non-hydrogen) atoms. The number of hydrogen-bond donors (Lipinski definition) is 1. The summed E-state index contributed by atoms with van der Waals surface area (Å²) < 4.78 is 31.4. The van der Waals surface area contributed by atoms with Crippen LogP contribution < -0.4 is 11.2 Å². The molecular formula is C28H50N5O5P. The Morgan fingerprint density at radius 1 is 1.08 bits per heavy atom. The molecule has 222 valence electrons. The van der Waals surface area contributed by atoms with Crippen LogP contribution in [-0.4, -0.2) is 67.5 Å². The van der Waals surface area contributed by atoms with Crippen molar-refractivity contribution in [2.45, 2.75) is 131 Å². The lowest BCUT2D eigenvalue weighted by atomic mass is 9.74. The number of nitriles is 1. The summed E-state index contributed by atoms with van der Waals surface area (Å²) in [6.07, 6.45) is 2.41. The highest BCUT2D eigenvalue weighted by molar-refractivity contribution is 7.59. The van der Waals surface area contributed by atoms with Crippen LogP contribution in [0.4, 0.5) is 0 Å². The van der Waals surface area contributed by atoms with Gasteiger partial charge in [-0.1, -0.05) is 20.8 Å². The fourth-order valence-corrected chi connectivity index (χ4v) is 10.4. The second kappa shape index (κ2) is 12.8. The highest BCUT2D eigenvalue weighted by atomic mass is 31.2. The van der Waals surface area contributed by atoms with Crippen LogP contribution in [0.2, 0.25) is 0 Å². The van der Waals surface area contributed by atoms with Gasteiger partial charge in [-0.15, -0.1) is 0 Å². The van der Waals surface area contributed by atoms with Crippen molar-refractivity contribution in [3.63, 3.8) is 0 Å². The highest BCUT2D eigenvalue weighted by Crippen LogP contribution is 2.59. The monoisotopic (exact) mass is 567 g/mol. The van der Waals surface area contributed by atoms with Gasteiger partial charge >= 0.3 is 5.69 Å². The van der Waals surface area contributed by atoms with E-state index in [1.54, 1.807) is 0 Å². The van der Waals surface area contributed by atoms with Crippen molar-refractivity contribution >= 4 is 7.44 Å². The van der Waals surface area contributed by atoms with Gasteiger partial charge in [0.2, 0.25) is 7.44 Å². The molecule has 2 aliphatic heterocycles. The molecule has 0 radical (unpaired) electrons. The quantitative estimate of drug-likeness (QED) is 0.394. The molecule has 0 unspecified atom stereocenters. The molecule has 10 nitrogen and oxygen atoms in total. The topological polar surface area (TPSA) is 121 Å². The molecule has 3 atom stereocenters. The SMILES string of the molecule is CC(C)N(C(C)C)P(=O)(CCC#N)N(C(C)C)C(C)C.CC[C@]12CO[C@H]([C@H](n3ccc(=O)[nH]c3=O)O1)C2(C)C. The van der Waals surface area contributed by atoms with Crippen LogP contribution in [0, 0.1) is 16.7 Å². The van der Waals surface area contributed by atoms with Gasteiger partial charge in [0.05, 0.1) is 12.7 Å². The number of H-pyrrole nitrogens is 1. The standard InChI is InChI=1S/C15H32N3OP.C13H18N2O4/c1-12(2)17(13(3)4)20(19,11-9-10-16)18(14(5)6)15(7)8;1-4-13-7-18-9(12(13,2)3)10(19-13)15-6-5-8(16)14-11(15)17/h12-15H,9,11H2,1-8H3;5-6,9-10H,4,7H2,1-3H3,(H,14,16,17)/t;9-,10-,13-/m.1/s1. The van der Waals surface area contributed by atoms with E-state index in [4.69, 9.17) is 14.7 Å². The number of hydrogen-bond acceptors (Lipinski definition) is 6. The van der Waals surface area contributed by atoms with E-state index < -0.39 is 24.9 Å². The van der Waals surface area contributed by atoms with Crippen molar-refractivity contribution in [3.05, 3.63) is 33.1 Å². The summed E-state index contributed by atoms with van der Waals surface area (Å²) in [5, 5.41) is 8.94. The first-order valence-electron chi connectivity index (χ1n) is 14.1. The second-order valence-corrected chi connectivity index (χ2v) is 15.0. The van der Waals surface area contributed by atoms with Gasteiger partial charge in [-0.3, -0.25) is 18.9 Å². The fraction of sp³-hybridized carbons (Fsp3) is 0.821. The maximum Gasteiger partial charge on any atom is 0.330 e. The third-order valence-corrected chi connectivity index (χ3v) is 12.1. The third-order valence-electron chi connectivity index (χ3n) is 8.04. The summed E-state index contributed by atoms with van der Waals surface area (Å²) in [7, 11) is -2.74. The molecule has 0 spiro atoms. The van der Waals surface area contributed by atoms with Gasteiger partial charge in [-0.05, 0) is 61.8 Å². The number of nitrogens with one attached hydrogen (secondary N) is 1. The number of nitrogens with zero attached hydrogens (tertiary/aromatic N) is 4. The molecule has 3 rings (SSSR count). The van der Waals surface area contributed by atoms with Gasteiger partial charge < -0.3 is 9.47 Å². The number of aromatic amines is 1. The van der Waals surface area contributed by atoms with Crippen molar-refractivity contribution in [1.29, 1.82) is 5.26 Å². The maximum absolute atomic E-state index is 13.8. The fourth-order valence-electron chi connectivity index (χ4n) is 6.45. The number of aromatic nitrogens is 2.